The molecule has 2 aromatic rings. The van der Waals surface area contributed by atoms with E-state index in [1.807, 2.05) is 0 Å². The normalized spacial score (nSPS) is 12.5. The van der Waals surface area contributed by atoms with E-state index in [4.69, 9.17) is 0 Å². The van der Waals surface area contributed by atoms with Crippen LogP contribution in [-0.2, 0) is 6.54 Å². The first-order valence-corrected chi connectivity index (χ1v) is 6.20. The van der Waals surface area contributed by atoms with Crippen LogP contribution in [0.3, 0.4) is 0 Å². The fourth-order valence-electron chi connectivity index (χ4n) is 1.92. The molecule has 2 aromatic carbocycles. The molecule has 21 heavy (non-hydrogen) atoms. The standard InChI is InChI=1S/C15H12F5N/c1-8(11-5-10(16)2-3-12(11)17)21-7-9-4-14(19)15(20)6-13(9)18/h2-6,8,21H,7H2,1H3. The second-order valence-corrected chi connectivity index (χ2v) is 4.63. The Labute approximate surface area is 118 Å². The van der Waals surface area contributed by atoms with Gasteiger partial charge in [-0.05, 0) is 31.2 Å². The molecule has 6 heteroatoms. The van der Waals surface area contributed by atoms with Gasteiger partial charge in [0, 0.05) is 29.8 Å². The molecule has 0 aliphatic rings. The van der Waals surface area contributed by atoms with Gasteiger partial charge in [-0.1, -0.05) is 0 Å². The molecule has 0 aromatic heterocycles. The fraction of sp³-hybridized carbons (Fsp3) is 0.200. The molecular formula is C15H12F5N. The van der Waals surface area contributed by atoms with Crippen molar-refractivity contribution in [1.29, 1.82) is 0 Å². The van der Waals surface area contributed by atoms with Crippen molar-refractivity contribution < 1.29 is 22.0 Å². The minimum Gasteiger partial charge on any atom is -0.306 e. The average Bonchev–Trinajstić information content (AvgIpc) is 2.43. The summed E-state index contributed by atoms with van der Waals surface area (Å²) in [6.07, 6.45) is 0. The molecule has 1 unspecified atom stereocenters. The molecule has 0 saturated carbocycles. The van der Waals surface area contributed by atoms with Gasteiger partial charge >= 0.3 is 0 Å². The highest BCUT2D eigenvalue weighted by atomic mass is 19.2. The van der Waals surface area contributed by atoms with Crippen molar-refractivity contribution in [2.45, 2.75) is 19.5 Å². The Hall–Kier alpha value is -1.95. The van der Waals surface area contributed by atoms with Crippen LogP contribution in [0, 0.1) is 29.1 Å². The Bertz CT molecular complexity index is 657. The molecule has 1 nitrogen and oxygen atoms in total. The average molecular weight is 301 g/mol. The van der Waals surface area contributed by atoms with Crippen molar-refractivity contribution in [1.82, 2.24) is 5.32 Å². The maximum atomic E-state index is 13.6. The molecule has 0 fully saturated rings. The second kappa shape index (κ2) is 6.22. The number of hydrogen-bond acceptors (Lipinski definition) is 1. The molecule has 0 amide bonds. The first-order valence-electron chi connectivity index (χ1n) is 6.20. The number of nitrogens with one attached hydrogen (secondary N) is 1. The van der Waals surface area contributed by atoms with Gasteiger partial charge in [0.2, 0.25) is 0 Å². The highest BCUT2D eigenvalue weighted by molar-refractivity contribution is 5.23. The molecule has 1 atom stereocenters. The predicted molar refractivity (Wildman–Crippen MR) is 67.9 cm³/mol. The largest absolute Gasteiger partial charge is 0.306 e. The Morgan fingerprint density at radius 2 is 1.52 bits per heavy atom. The van der Waals surface area contributed by atoms with E-state index in [2.05, 4.69) is 5.32 Å². The van der Waals surface area contributed by atoms with Gasteiger partial charge in [0.1, 0.15) is 17.5 Å². The van der Waals surface area contributed by atoms with Crippen LogP contribution < -0.4 is 5.32 Å². The van der Waals surface area contributed by atoms with Crippen LogP contribution in [0.4, 0.5) is 22.0 Å². The van der Waals surface area contributed by atoms with Crippen LogP contribution in [-0.4, -0.2) is 0 Å². The Morgan fingerprint density at radius 3 is 2.24 bits per heavy atom. The molecule has 0 heterocycles. The number of benzene rings is 2. The zero-order valence-electron chi connectivity index (χ0n) is 11.1. The topological polar surface area (TPSA) is 12.0 Å². The van der Waals surface area contributed by atoms with Crippen molar-refractivity contribution in [2.24, 2.45) is 0 Å². The number of halogens is 5. The summed E-state index contributed by atoms with van der Waals surface area (Å²) in [5.41, 5.74) is -0.0319. The molecule has 0 radical (unpaired) electrons. The van der Waals surface area contributed by atoms with Crippen LogP contribution in [0.5, 0.6) is 0 Å². The van der Waals surface area contributed by atoms with Crippen molar-refractivity contribution in [3.05, 3.63) is 70.5 Å². The van der Waals surface area contributed by atoms with Crippen molar-refractivity contribution in [2.75, 3.05) is 0 Å². The summed E-state index contributed by atoms with van der Waals surface area (Å²) in [5.74, 6) is -4.56. The quantitative estimate of drug-likeness (QED) is 0.658. The third-order valence-corrected chi connectivity index (χ3v) is 3.11. The fourth-order valence-corrected chi connectivity index (χ4v) is 1.92. The summed E-state index contributed by atoms with van der Waals surface area (Å²) in [4.78, 5) is 0. The van der Waals surface area contributed by atoms with Crippen LogP contribution in [0.15, 0.2) is 30.3 Å². The molecule has 0 saturated heterocycles. The summed E-state index contributed by atoms with van der Waals surface area (Å²) in [5, 5.41) is 2.73. The molecular weight excluding hydrogens is 289 g/mol. The SMILES string of the molecule is CC(NCc1cc(F)c(F)cc1F)c1cc(F)ccc1F. The van der Waals surface area contributed by atoms with Gasteiger partial charge in [-0.25, -0.2) is 22.0 Å². The third-order valence-electron chi connectivity index (χ3n) is 3.11. The lowest BCUT2D eigenvalue weighted by Gasteiger charge is -2.15. The third kappa shape index (κ3) is 3.58. The van der Waals surface area contributed by atoms with E-state index in [-0.39, 0.29) is 17.7 Å². The van der Waals surface area contributed by atoms with Crippen molar-refractivity contribution in [3.8, 4) is 0 Å². The van der Waals surface area contributed by atoms with Gasteiger partial charge in [0.05, 0.1) is 0 Å². The van der Waals surface area contributed by atoms with Gasteiger partial charge < -0.3 is 5.32 Å². The van der Waals surface area contributed by atoms with E-state index in [0.717, 1.165) is 24.3 Å². The maximum Gasteiger partial charge on any atom is 0.161 e. The monoisotopic (exact) mass is 301 g/mol. The van der Waals surface area contributed by atoms with Crippen molar-refractivity contribution in [3.63, 3.8) is 0 Å². The Kier molecular flexibility index (Phi) is 4.57. The highest BCUT2D eigenvalue weighted by Gasteiger charge is 2.14. The smallest absolute Gasteiger partial charge is 0.161 e. The minimum atomic E-state index is -1.28. The molecule has 0 spiro atoms. The zero-order chi connectivity index (χ0) is 15.6. The highest BCUT2D eigenvalue weighted by Crippen LogP contribution is 2.19. The van der Waals surface area contributed by atoms with E-state index < -0.39 is 35.1 Å². The molecule has 2 rings (SSSR count). The van der Waals surface area contributed by atoms with E-state index in [1.54, 1.807) is 6.92 Å². The summed E-state index contributed by atoms with van der Waals surface area (Å²) >= 11 is 0. The van der Waals surface area contributed by atoms with Crippen LogP contribution >= 0.6 is 0 Å². The van der Waals surface area contributed by atoms with E-state index in [9.17, 15) is 22.0 Å². The number of hydrogen-bond donors (Lipinski definition) is 1. The Balaban J connectivity index is 2.12. The van der Waals surface area contributed by atoms with Gasteiger partial charge in [-0.3, -0.25) is 0 Å². The van der Waals surface area contributed by atoms with E-state index in [0.29, 0.717) is 6.07 Å². The maximum absolute atomic E-state index is 13.6. The lowest BCUT2D eigenvalue weighted by molar-refractivity contribution is 0.477. The predicted octanol–water partition coefficient (Wildman–Crippen LogP) is 4.23. The summed E-state index contributed by atoms with van der Waals surface area (Å²) in [6, 6.07) is 3.54. The van der Waals surface area contributed by atoms with Gasteiger partial charge in [0.15, 0.2) is 11.6 Å². The summed E-state index contributed by atoms with van der Waals surface area (Å²) in [7, 11) is 0. The lowest BCUT2D eigenvalue weighted by atomic mass is 10.1. The van der Waals surface area contributed by atoms with Gasteiger partial charge in [-0.15, -0.1) is 0 Å². The minimum absolute atomic E-state index is 0.0676. The van der Waals surface area contributed by atoms with E-state index in [1.165, 1.54) is 0 Å². The van der Waals surface area contributed by atoms with E-state index >= 15 is 0 Å². The molecule has 0 bridgehead atoms. The number of rotatable bonds is 4. The second-order valence-electron chi connectivity index (χ2n) is 4.63. The molecule has 112 valence electrons. The summed E-state index contributed by atoms with van der Waals surface area (Å²) in [6.45, 7) is 1.40. The summed E-state index contributed by atoms with van der Waals surface area (Å²) < 4.78 is 65.9. The zero-order valence-corrected chi connectivity index (χ0v) is 11.1. The van der Waals surface area contributed by atoms with Gasteiger partial charge in [0.25, 0.3) is 0 Å². The Morgan fingerprint density at radius 1 is 0.857 bits per heavy atom. The van der Waals surface area contributed by atoms with Crippen LogP contribution in [0.25, 0.3) is 0 Å². The molecule has 0 aliphatic heterocycles. The van der Waals surface area contributed by atoms with Gasteiger partial charge in [-0.2, -0.15) is 0 Å². The molecule has 0 aliphatic carbocycles. The van der Waals surface area contributed by atoms with Crippen LogP contribution in [0.1, 0.15) is 24.1 Å². The van der Waals surface area contributed by atoms with Crippen LogP contribution in [0.2, 0.25) is 0 Å². The first-order chi connectivity index (χ1) is 9.88. The van der Waals surface area contributed by atoms with Crippen molar-refractivity contribution >= 4 is 0 Å². The lowest BCUT2D eigenvalue weighted by Crippen LogP contribution is -2.20. The molecule has 1 N–H and O–H groups in total. The first kappa shape index (κ1) is 15.4.